The van der Waals surface area contributed by atoms with Crippen molar-refractivity contribution in [3.05, 3.63) is 23.9 Å². The Labute approximate surface area is 143 Å². The maximum Gasteiger partial charge on any atom is 0.213 e. The molecule has 6 heteroatoms. The fraction of sp³-hybridized carbons (Fsp3) is 0.647. The van der Waals surface area contributed by atoms with Gasteiger partial charge in [0.1, 0.15) is 0 Å². The summed E-state index contributed by atoms with van der Waals surface area (Å²) in [5.74, 6) is 3.50. The summed E-state index contributed by atoms with van der Waals surface area (Å²) >= 11 is 2.08. The van der Waals surface area contributed by atoms with Gasteiger partial charge in [0.2, 0.25) is 5.88 Å². The first-order valence-corrected chi connectivity index (χ1v) is 9.32. The van der Waals surface area contributed by atoms with E-state index in [0.717, 1.165) is 36.9 Å². The molecule has 0 radical (unpaired) electrons. The van der Waals surface area contributed by atoms with Crippen LogP contribution in [-0.4, -0.2) is 53.6 Å². The minimum Gasteiger partial charge on any atom is -0.481 e. The molecule has 1 unspecified atom stereocenters. The Morgan fingerprint density at radius 2 is 2.39 bits per heavy atom. The summed E-state index contributed by atoms with van der Waals surface area (Å²) in [5.41, 5.74) is 1.11. The zero-order chi connectivity index (χ0) is 16.7. The lowest BCUT2D eigenvalue weighted by Crippen LogP contribution is -2.49. The molecule has 128 valence electrons. The van der Waals surface area contributed by atoms with Gasteiger partial charge in [0, 0.05) is 42.9 Å². The molecule has 23 heavy (non-hydrogen) atoms. The Hall–Kier alpha value is -1.43. The number of thioether (sulfide) groups is 1. The summed E-state index contributed by atoms with van der Waals surface area (Å²) in [6.45, 7) is 10.4. The summed E-state index contributed by atoms with van der Waals surface area (Å²) in [7, 11) is 1.64. The first-order chi connectivity index (χ1) is 11.1. The monoisotopic (exact) mass is 336 g/mol. The zero-order valence-corrected chi connectivity index (χ0v) is 15.4. The molecule has 5 nitrogen and oxygen atoms in total. The van der Waals surface area contributed by atoms with Crippen molar-refractivity contribution in [2.24, 2.45) is 10.9 Å². The molecule has 1 N–H and O–H groups in total. The van der Waals surface area contributed by atoms with Crippen LogP contribution >= 0.6 is 11.8 Å². The fourth-order valence-electron chi connectivity index (χ4n) is 2.52. The predicted octanol–water partition coefficient (Wildman–Crippen LogP) is 2.63. The molecule has 1 saturated heterocycles. The number of pyridine rings is 1. The molecule has 0 bridgehead atoms. The van der Waals surface area contributed by atoms with Gasteiger partial charge in [0.25, 0.3) is 0 Å². The molecule has 1 fully saturated rings. The average molecular weight is 337 g/mol. The summed E-state index contributed by atoms with van der Waals surface area (Å²) in [6.07, 6.45) is 1.77. The Morgan fingerprint density at radius 1 is 1.57 bits per heavy atom. The molecule has 2 heterocycles. The predicted molar refractivity (Wildman–Crippen MR) is 98.3 cm³/mol. The van der Waals surface area contributed by atoms with Crippen molar-refractivity contribution in [2.45, 2.75) is 32.6 Å². The molecule has 1 aliphatic heterocycles. The number of ether oxygens (including phenoxy) is 1. The third kappa shape index (κ3) is 5.30. The molecule has 0 aliphatic carbocycles. The van der Waals surface area contributed by atoms with Crippen molar-refractivity contribution in [3.8, 4) is 5.88 Å². The van der Waals surface area contributed by atoms with Crippen molar-refractivity contribution in [3.63, 3.8) is 0 Å². The highest BCUT2D eigenvalue weighted by atomic mass is 32.2. The quantitative estimate of drug-likeness (QED) is 0.662. The molecule has 0 saturated carbocycles. The second kappa shape index (κ2) is 9.01. The van der Waals surface area contributed by atoms with Crippen molar-refractivity contribution >= 4 is 17.7 Å². The Balaban J connectivity index is 2.07. The summed E-state index contributed by atoms with van der Waals surface area (Å²) in [4.78, 5) is 11.3. The molecule has 2 rings (SSSR count). The van der Waals surface area contributed by atoms with Gasteiger partial charge in [-0.05, 0) is 24.5 Å². The Kier molecular flexibility index (Phi) is 7.02. The molecule has 0 spiro atoms. The Morgan fingerprint density at radius 3 is 3.09 bits per heavy atom. The number of nitrogens with zero attached hydrogens (tertiary/aromatic N) is 3. The van der Waals surface area contributed by atoms with Crippen LogP contribution in [0.15, 0.2) is 23.3 Å². The van der Waals surface area contributed by atoms with E-state index in [0.29, 0.717) is 23.6 Å². The SMILES string of the molecule is CCNC(=NCc1ccnc(OC)c1)N1CCSC(C(C)C)C1. The van der Waals surface area contributed by atoms with Crippen LogP contribution in [-0.2, 0) is 6.54 Å². The molecule has 1 aromatic rings. The third-order valence-electron chi connectivity index (χ3n) is 3.89. The maximum atomic E-state index is 5.18. The number of aromatic nitrogens is 1. The molecule has 0 aromatic carbocycles. The van der Waals surface area contributed by atoms with Crippen LogP contribution < -0.4 is 10.1 Å². The molecular weight excluding hydrogens is 308 g/mol. The lowest BCUT2D eigenvalue weighted by Gasteiger charge is -2.36. The van der Waals surface area contributed by atoms with Crippen molar-refractivity contribution in [2.75, 3.05) is 32.5 Å². The van der Waals surface area contributed by atoms with Crippen LogP contribution in [0.2, 0.25) is 0 Å². The highest BCUT2D eigenvalue weighted by Gasteiger charge is 2.24. The van der Waals surface area contributed by atoms with Crippen molar-refractivity contribution in [1.82, 2.24) is 15.2 Å². The van der Waals surface area contributed by atoms with Gasteiger partial charge in [-0.3, -0.25) is 0 Å². The summed E-state index contributed by atoms with van der Waals surface area (Å²) in [6, 6.07) is 3.93. The average Bonchev–Trinajstić information content (AvgIpc) is 2.59. The van der Waals surface area contributed by atoms with E-state index >= 15 is 0 Å². The minimum atomic E-state index is 0.636. The minimum absolute atomic E-state index is 0.636. The van der Waals surface area contributed by atoms with Gasteiger partial charge < -0.3 is 15.0 Å². The summed E-state index contributed by atoms with van der Waals surface area (Å²) < 4.78 is 5.18. The van der Waals surface area contributed by atoms with Gasteiger partial charge in [-0.2, -0.15) is 11.8 Å². The van der Waals surface area contributed by atoms with Gasteiger partial charge in [-0.25, -0.2) is 9.98 Å². The van der Waals surface area contributed by atoms with E-state index in [-0.39, 0.29) is 0 Å². The van der Waals surface area contributed by atoms with Crippen LogP contribution in [0.25, 0.3) is 0 Å². The number of hydrogen-bond donors (Lipinski definition) is 1. The van der Waals surface area contributed by atoms with Crippen molar-refractivity contribution < 1.29 is 4.74 Å². The van der Waals surface area contributed by atoms with E-state index in [4.69, 9.17) is 9.73 Å². The topological polar surface area (TPSA) is 49.8 Å². The molecule has 1 aliphatic rings. The summed E-state index contributed by atoms with van der Waals surface area (Å²) in [5, 5.41) is 4.11. The number of methoxy groups -OCH3 is 1. The largest absolute Gasteiger partial charge is 0.481 e. The second-order valence-corrected chi connectivity index (χ2v) is 7.32. The van der Waals surface area contributed by atoms with E-state index in [1.54, 1.807) is 13.3 Å². The van der Waals surface area contributed by atoms with E-state index in [2.05, 4.69) is 47.7 Å². The molecule has 0 amide bonds. The number of aliphatic imine (C=N–C) groups is 1. The fourth-order valence-corrected chi connectivity index (χ4v) is 3.82. The van der Waals surface area contributed by atoms with Crippen LogP contribution in [0, 0.1) is 5.92 Å². The first kappa shape index (κ1) is 17.9. The lowest BCUT2D eigenvalue weighted by atomic mass is 10.1. The Bertz CT molecular complexity index is 521. The van der Waals surface area contributed by atoms with Gasteiger partial charge in [0.05, 0.1) is 13.7 Å². The second-order valence-electron chi connectivity index (χ2n) is 5.98. The van der Waals surface area contributed by atoms with E-state index in [9.17, 15) is 0 Å². The maximum absolute atomic E-state index is 5.18. The van der Waals surface area contributed by atoms with Gasteiger partial charge in [-0.15, -0.1) is 0 Å². The van der Waals surface area contributed by atoms with Crippen LogP contribution in [0.5, 0.6) is 5.88 Å². The molecular formula is C17H28N4OS. The molecule has 1 aromatic heterocycles. The number of nitrogens with one attached hydrogen (secondary N) is 1. The van der Waals surface area contributed by atoms with Gasteiger partial charge in [0.15, 0.2) is 5.96 Å². The zero-order valence-electron chi connectivity index (χ0n) is 14.6. The number of guanidine groups is 1. The van der Waals surface area contributed by atoms with E-state index in [1.807, 2.05) is 12.1 Å². The van der Waals surface area contributed by atoms with Gasteiger partial charge >= 0.3 is 0 Å². The molecule has 1 atom stereocenters. The van der Waals surface area contributed by atoms with Crippen molar-refractivity contribution in [1.29, 1.82) is 0 Å². The van der Waals surface area contributed by atoms with Gasteiger partial charge in [-0.1, -0.05) is 13.8 Å². The van der Waals surface area contributed by atoms with Crippen LogP contribution in [0.3, 0.4) is 0 Å². The van der Waals surface area contributed by atoms with E-state index in [1.165, 1.54) is 0 Å². The first-order valence-electron chi connectivity index (χ1n) is 8.27. The highest BCUT2D eigenvalue weighted by Crippen LogP contribution is 2.25. The van der Waals surface area contributed by atoms with Crippen LogP contribution in [0.1, 0.15) is 26.3 Å². The standard InChI is InChI=1S/C17H28N4OS/c1-5-18-17(21-8-9-23-15(12-21)13(2)3)20-11-14-6-7-19-16(10-14)22-4/h6-7,10,13,15H,5,8-9,11-12H2,1-4H3,(H,18,20). The number of hydrogen-bond acceptors (Lipinski definition) is 4. The normalized spacial score (nSPS) is 19.1. The number of rotatable bonds is 5. The third-order valence-corrected chi connectivity index (χ3v) is 5.43. The van der Waals surface area contributed by atoms with Crippen LogP contribution in [0.4, 0.5) is 0 Å². The smallest absolute Gasteiger partial charge is 0.213 e. The highest BCUT2D eigenvalue weighted by molar-refractivity contribution is 8.00. The van der Waals surface area contributed by atoms with E-state index < -0.39 is 0 Å². The lowest BCUT2D eigenvalue weighted by molar-refractivity contribution is 0.380.